The normalized spacial score (nSPS) is 22.4. The van der Waals surface area contributed by atoms with Gasteiger partial charge in [0.15, 0.2) is 0 Å². The molecule has 0 amide bonds. The van der Waals surface area contributed by atoms with Gasteiger partial charge in [-0.2, -0.15) is 0 Å². The van der Waals surface area contributed by atoms with Crippen LogP contribution in [0.15, 0.2) is 12.1 Å². The van der Waals surface area contributed by atoms with Gasteiger partial charge in [-0.3, -0.25) is 0 Å². The van der Waals surface area contributed by atoms with E-state index in [2.05, 4.69) is 6.07 Å². The van der Waals surface area contributed by atoms with Crippen LogP contribution in [0.5, 0.6) is 0 Å². The summed E-state index contributed by atoms with van der Waals surface area (Å²) in [6, 6.07) is 4.03. The first-order valence-electron chi connectivity index (χ1n) is 6.30. The highest BCUT2D eigenvalue weighted by atomic mass is 19.1. The fourth-order valence-electron chi connectivity index (χ4n) is 2.99. The van der Waals surface area contributed by atoms with Gasteiger partial charge in [0.1, 0.15) is 5.82 Å². The number of halogens is 1. The van der Waals surface area contributed by atoms with E-state index in [1.165, 1.54) is 12.0 Å². The number of benzene rings is 1. The molecule has 1 aromatic carbocycles. The van der Waals surface area contributed by atoms with Crippen LogP contribution >= 0.6 is 0 Å². The second-order valence-corrected chi connectivity index (χ2v) is 5.28. The number of hydrogen-bond donors (Lipinski definition) is 1. The quantitative estimate of drug-likeness (QED) is 0.772. The minimum atomic E-state index is -0.365. The second-order valence-electron chi connectivity index (χ2n) is 5.28. The Labute approximate surface area is 95.8 Å². The molecule has 1 nitrogen and oxygen atoms in total. The predicted molar refractivity (Wildman–Crippen MR) is 62.8 cm³/mol. The zero-order chi connectivity index (χ0) is 11.2. The third kappa shape index (κ3) is 1.40. The highest BCUT2D eigenvalue weighted by Crippen LogP contribution is 2.41. The summed E-state index contributed by atoms with van der Waals surface area (Å²) in [5.74, 6) is -0.000556. The third-order valence-corrected chi connectivity index (χ3v) is 4.25. The number of rotatable bonds is 1. The molecule has 0 heterocycles. The second kappa shape index (κ2) is 3.56. The summed E-state index contributed by atoms with van der Waals surface area (Å²) in [7, 11) is 0. The van der Waals surface area contributed by atoms with Crippen LogP contribution < -0.4 is 5.73 Å². The Kier molecular flexibility index (Phi) is 2.28. The molecule has 0 atom stereocenters. The molecule has 0 spiro atoms. The van der Waals surface area contributed by atoms with Crippen LogP contribution in [0.25, 0.3) is 0 Å². The lowest BCUT2D eigenvalue weighted by atomic mass is 9.71. The third-order valence-electron chi connectivity index (χ3n) is 4.25. The maximum Gasteiger partial charge on any atom is 0.131 e. The van der Waals surface area contributed by atoms with Gasteiger partial charge in [0.05, 0.1) is 0 Å². The van der Waals surface area contributed by atoms with Crippen molar-refractivity contribution in [3.05, 3.63) is 34.6 Å². The molecule has 2 N–H and O–H groups in total. The fraction of sp³-hybridized carbons (Fsp3) is 0.571. The van der Waals surface area contributed by atoms with Gasteiger partial charge in [-0.1, -0.05) is 12.1 Å². The van der Waals surface area contributed by atoms with E-state index in [0.717, 1.165) is 49.7 Å². The van der Waals surface area contributed by atoms with Crippen molar-refractivity contribution in [3.8, 4) is 0 Å². The molecular weight excluding hydrogens is 201 g/mol. The van der Waals surface area contributed by atoms with Crippen LogP contribution in [0.2, 0.25) is 0 Å². The molecule has 1 saturated carbocycles. The van der Waals surface area contributed by atoms with Crippen molar-refractivity contribution in [2.24, 2.45) is 5.73 Å². The molecule has 0 aliphatic heterocycles. The molecule has 0 saturated heterocycles. The molecule has 1 aromatic rings. The van der Waals surface area contributed by atoms with E-state index in [0.29, 0.717) is 0 Å². The zero-order valence-corrected chi connectivity index (χ0v) is 9.56. The summed E-state index contributed by atoms with van der Waals surface area (Å²) < 4.78 is 14.4. The van der Waals surface area contributed by atoms with E-state index in [-0.39, 0.29) is 11.4 Å². The summed E-state index contributed by atoms with van der Waals surface area (Å²) in [6.07, 6.45) is 7.23. The van der Waals surface area contributed by atoms with Crippen LogP contribution in [0.1, 0.15) is 48.8 Å². The Bertz CT molecular complexity index is 421. The van der Waals surface area contributed by atoms with Crippen molar-refractivity contribution in [3.63, 3.8) is 0 Å². The number of nitrogens with two attached hydrogens (primary N) is 1. The molecule has 3 rings (SSSR count). The smallest absolute Gasteiger partial charge is 0.131 e. The molecule has 2 heteroatoms. The van der Waals surface area contributed by atoms with Crippen molar-refractivity contribution in [2.45, 2.75) is 50.5 Å². The zero-order valence-electron chi connectivity index (χ0n) is 9.56. The van der Waals surface area contributed by atoms with Gasteiger partial charge in [0.2, 0.25) is 0 Å². The highest BCUT2D eigenvalue weighted by Gasteiger charge is 2.37. The summed E-state index contributed by atoms with van der Waals surface area (Å²) in [5.41, 5.74) is 8.77. The van der Waals surface area contributed by atoms with Crippen molar-refractivity contribution >= 4 is 0 Å². The van der Waals surface area contributed by atoms with Gasteiger partial charge in [-0.05, 0) is 56.1 Å². The minimum Gasteiger partial charge on any atom is -0.321 e. The first-order chi connectivity index (χ1) is 7.71. The van der Waals surface area contributed by atoms with Crippen LogP contribution in [0.3, 0.4) is 0 Å². The molecular formula is C14H18FN. The van der Waals surface area contributed by atoms with E-state index >= 15 is 0 Å². The fourth-order valence-corrected chi connectivity index (χ4v) is 2.99. The summed E-state index contributed by atoms with van der Waals surface area (Å²) in [6.45, 7) is 0. The SMILES string of the molecule is NC1(c2ccc3c(c2F)CCCC3)CCC1. The Morgan fingerprint density at radius 3 is 2.50 bits per heavy atom. The van der Waals surface area contributed by atoms with Crippen LogP contribution in [0.4, 0.5) is 4.39 Å². The predicted octanol–water partition coefficient (Wildman–Crippen LogP) is 3.04. The lowest BCUT2D eigenvalue weighted by Crippen LogP contribution is -2.44. The molecule has 2 aliphatic carbocycles. The number of fused-ring (bicyclic) bond motifs is 1. The maximum atomic E-state index is 14.4. The van der Waals surface area contributed by atoms with E-state index in [1.807, 2.05) is 6.07 Å². The van der Waals surface area contributed by atoms with Crippen LogP contribution in [0, 0.1) is 5.82 Å². The lowest BCUT2D eigenvalue weighted by molar-refractivity contribution is 0.244. The Balaban J connectivity index is 2.07. The van der Waals surface area contributed by atoms with E-state index in [4.69, 9.17) is 5.73 Å². The average molecular weight is 219 g/mol. The Hall–Kier alpha value is -0.890. The average Bonchev–Trinajstić information content (AvgIpc) is 2.27. The monoisotopic (exact) mass is 219 g/mol. The number of hydrogen-bond acceptors (Lipinski definition) is 1. The van der Waals surface area contributed by atoms with E-state index < -0.39 is 0 Å². The first-order valence-corrected chi connectivity index (χ1v) is 6.30. The largest absolute Gasteiger partial charge is 0.321 e. The van der Waals surface area contributed by atoms with Crippen molar-refractivity contribution in [1.82, 2.24) is 0 Å². The Morgan fingerprint density at radius 2 is 1.81 bits per heavy atom. The summed E-state index contributed by atoms with van der Waals surface area (Å²) in [5, 5.41) is 0. The summed E-state index contributed by atoms with van der Waals surface area (Å²) in [4.78, 5) is 0. The molecule has 16 heavy (non-hydrogen) atoms. The van der Waals surface area contributed by atoms with Gasteiger partial charge in [0.25, 0.3) is 0 Å². The van der Waals surface area contributed by atoms with Crippen molar-refractivity contribution < 1.29 is 4.39 Å². The lowest BCUT2D eigenvalue weighted by Gasteiger charge is -2.39. The van der Waals surface area contributed by atoms with Crippen LogP contribution in [-0.2, 0) is 18.4 Å². The first kappa shape index (κ1) is 10.3. The number of aryl methyl sites for hydroxylation is 1. The van der Waals surface area contributed by atoms with Gasteiger partial charge >= 0.3 is 0 Å². The van der Waals surface area contributed by atoms with Gasteiger partial charge in [0, 0.05) is 11.1 Å². The molecule has 0 radical (unpaired) electrons. The molecule has 2 aliphatic rings. The van der Waals surface area contributed by atoms with E-state index in [9.17, 15) is 4.39 Å². The summed E-state index contributed by atoms with van der Waals surface area (Å²) >= 11 is 0. The highest BCUT2D eigenvalue weighted by molar-refractivity contribution is 5.39. The van der Waals surface area contributed by atoms with Crippen molar-refractivity contribution in [2.75, 3.05) is 0 Å². The standard InChI is InChI=1S/C14H18FN/c15-13-11-5-2-1-4-10(11)6-7-12(13)14(16)8-3-9-14/h6-7H,1-5,8-9,16H2. The molecule has 0 unspecified atom stereocenters. The van der Waals surface area contributed by atoms with Gasteiger partial charge in [-0.25, -0.2) is 4.39 Å². The van der Waals surface area contributed by atoms with Crippen molar-refractivity contribution in [1.29, 1.82) is 0 Å². The Morgan fingerprint density at radius 1 is 1.06 bits per heavy atom. The molecule has 0 bridgehead atoms. The maximum absolute atomic E-state index is 14.4. The minimum absolute atomic E-state index is 0.000556. The topological polar surface area (TPSA) is 26.0 Å². The van der Waals surface area contributed by atoms with E-state index in [1.54, 1.807) is 0 Å². The van der Waals surface area contributed by atoms with Crippen LogP contribution in [-0.4, -0.2) is 0 Å². The molecule has 86 valence electrons. The van der Waals surface area contributed by atoms with Gasteiger partial charge in [-0.15, -0.1) is 0 Å². The molecule has 0 aromatic heterocycles. The van der Waals surface area contributed by atoms with Gasteiger partial charge < -0.3 is 5.73 Å². The molecule has 1 fully saturated rings.